The normalized spacial score (nSPS) is 22.9. The molecule has 17 heavy (non-hydrogen) atoms. The van der Waals surface area contributed by atoms with Crippen molar-refractivity contribution < 1.29 is 18.3 Å². The van der Waals surface area contributed by atoms with E-state index in [2.05, 4.69) is 0 Å². The number of aliphatic carboxylic acids is 1. The molecule has 0 amide bonds. The molecule has 0 saturated carbocycles. The van der Waals surface area contributed by atoms with Gasteiger partial charge in [-0.15, -0.1) is 0 Å². The van der Waals surface area contributed by atoms with Gasteiger partial charge >= 0.3 is 5.97 Å². The highest BCUT2D eigenvalue weighted by molar-refractivity contribution is 7.86. The zero-order chi connectivity index (χ0) is 13.1. The second kappa shape index (κ2) is 5.79. The second-order valence-electron chi connectivity index (χ2n) is 4.28. The van der Waals surface area contributed by atoms with Crippen molar-refractivity contribution in [2.24, 2.45) is 0 Å². The zero-order valence-corrected chi connectivity index (χ0v) is 11.1. The molecule has 1 N–H and O–H groups in total. The van der Waals surface area contributed by atoms with Crippen molar-refractivity contribution in [1.29, 1.82) is 0 Å². The van der Waals surface area contributed by atoms with Gasteiger partial charge in [-0.05, 0) is 19.8 Å². The molecule has 0 radical (unpaired) electrons. The topological polar surface area (TPSA) is 77.9 Å². The highest BCUT2D eigenvalue weighted by Crippen LogP contribution is 2.21. The molecular weight excluding hydrogens is 244 g/mol. The van der Waals surface area contributed by atoms with Gasteiger partial charge in [0.25, 0.3) is 10.2 Å². The molecule has 7 heteroatoms. The average Bonchev–Trinajstić information content (AvgIpc) is 2.25. The summed E-state index contributed by atoms with van der Waals surface area (Å²) in [6, 6.07) is -0.0448. The van der Waals surface area contributed by atoms with Crippen molar-refractivity contribution in [1.82, 2.24) is 8.61 Å². The van der Waals surface area contributed by atoms with E-state index in [0.29, 0.717) is 6.54 Å². The summed E-state index contributed by atoms with van der Waals surface area (Å²) in [7, 11) is -3.63. The van der Waals surface area contributed by atoms with E-state index in [1.165, 1.54) is 4.31 Å². The molecule has 0 spiro atoms. The van der Waals surface area contributed by atoms with Gasteiger partial charge in [-0.1, -0.05) is 13.3 Å². The van der Waals surface area contributed by atoms with E-state index in [1.807, 2.05) is 6.92 Å². The summed E-state index contributed by atoms with van der Waals surface area (Å²) < 4.78 is 26.9. The largest absolute Gasteiger partial charge is 0.480 e. The molecule has 1 aliphatic rings. The third-order valence-corrected chi connectivity index (χ3v) is 5.20. The summed E-state index contributed by atoms with van der Waals surface area (Å²) in [5.74, 6) is -1.12. The average molecular weight is 264 g/mol. The van der Waals surface area contributed by atoms with Crippen LogP contribution in [-0.4, -0.2) is 53.8 Å². The molecule has 6 nitrogen and oxygen atoms in total. The van der Waals surface area contributed by atoms with E-state index < -0.39 is 22.7 Å². The Labute approximate surface area is 102 Å². The number of likely N-dealkylation sites (N-methyl/N-ethyl adjacent to an activating group) is 1. The minimum Gasteiger partial charge on any atom is -0.480 e. The summed E-state index contributed by atoms with van der Waals surface area (Å²) in [6.45, 7) is 3.71. The SMILES string of the molecule is CCN(CC(=O)O)S(=O)(=O)N1CCCCC1C. The van der Waals surface area contributed by atoms with Gasteiger partial charge in [-0.25, -0.2) is 0 Å². The van der Waals surface area contributed by atoms with E-state index in [0.717, 1.165) is 23.6 Å². The predicted molar refractivity (Wildman–Crippen MR) is 63.8 cm³/mol. The summed E-state index contributed by atoms with van der Waals surface area (Å²) >= 11 is 0. The fourth-order valence-corrected chi connectivity index (χ4v) is 3.89. The highest BCUT2D eigenvalue weighted by atomic mass is 32.2. The number of carboxylic acid groups (broad SMARTS) is 1. The number of hydrogen-bond donors (Lipinski definition) is 1. The highest BCUT2D eigenvalue weighted by Gasteiger charge is 2.34. The van der Waals surface area contributed by atoms with Crippen molar-refractivity contribution in [2.75, 3.05) is 19.6 Å². The number of hydrogen-bond acceptors (Lipinski definition) is 3. The Morgan fingerprint density at radius 2 is 2.12 bits per heavy atom. The first-order valence-corrected chi connectivity index (χ1v) is 7.28. The Morgan fingerprint density at radius 1 is 1.47 bits per heavy atom. The van der Waals surface area contributed by atoms with Crippen LogP contribution in [0.5, 0.6) is 0 Å². The van der Waals surface area contributed by atoms with Crippen LogP contribution >= 0.6 is 0 Å². The van der Waals surface area contributed by atoms with Crippen LogP contribution in [0.1, 0.15) is 33.1 Å². The van der Waals surface area contributed by atoms with E-state index in [-0.39, 0.29) is 12.6 Å². The molecule has 0 bridgehead atoms. The van der Waals surface area contributed by atoms with Gasteiger partial charge in [0.05, 0.1) is 0 Å². The van der Waals surface area contributed by atoms with E-state index in [4.69, 9.17) is 5.11 Å². The monoisotopic (exact) mass is 264 g/mol. The molecule has 1 aliphatic heterocycles. The van der Waals surface area contributed by atoms with E-state index in [9.17, 15) is 13.2 Å². The maximum atomic E-state index is 12.3. The number of rotatable bonds is 5. The molecule has 1 heterocycles. The number of piperidine rings is 1. The third-order valence-electron chi connectivity index (χ3n) is 3.03. The number of carboxylic acids is 1. The van der Waals surface area contributed by atoms with Gasteiger partial charge in [-0.3, -0.25) is 4.79 Å². The smallest absolute Gasteiger partial charge is 0.318 e. The number of carbonyl (C=O) groups is 1. The zero-order valence-electron chi connectivity index (χ0n) is 10.3. The molecule has 0 aliphatic carbocycles. The Morgan fingerprint density at radius 3 is 2.59 bits per heavy atom. The first-order chi connectivity index (χ1) is 7.89. The molecule has 0 aromatic rings. The van der Waals surface area contributed by atoms with Crippen LogP contribution in [0.15, 0.2) is 0 Å². The molecule has 1 saturated heterocycles. The minimum atomic E-state index is -3.63. The van der Waals surface area contributed by atoms with Crippen molar-refractivity contribution >= 4 is 16.2 Å². The summed E-state index contributed by atoms with van der Waals surface area (Å²) in [6.07, 6.45) is 2.70. The molecule has 0 aromatic carbocycles. The molecule has 100 valence electrons. The second-order valence-corrected chi connectivity index (χ2v) is 6.16. The van der Waals surface area contributed by atoms with Crippen LogP contribution in [0.2, 0.25) is 0 Å². The molecule has 1 atom stereocenters. The number of nitrogens with zero attached hydrogens (tertiary/aromatic N) is 2. The summed E-state index contributed by atoms with van der Waals surface area (Å²) in [5, 5.41) is 8.72. The van der Waals surface area contributed by atoms with Crippen molar-refractivity contribution in [2.45, 2.75) is 39.2 Å². The first-order valence-electron chi connectivity index (χ1n) is 5.88. The van der Waals surface area contributed by atoms with Gasteiger partial charge in [0, 0.05) is 19.1 Å². The van der Waals surface area contributed by atoms with Crippen molar-refractivity contribution in [3.05, 3.63) is 0 Å². The van der Waals surface area contributed by atoms with Crippen LogP contribution in [0.3, 0.4) is 0 Å². The quantitative estimate of drug-likeness (QED) is 0.785. The maximum absolute atomic E-state index is 12.3. The van der Waals surface area contributed by atoms with Crippen LogP contribution in [0.25, 0.3) is 0 Å². The maximum Gasteiger partial charge on any atom is 0.318 e. The van der Waals surface area contributed by atoms with Crippen LogP contribution in [-0.2, 0) is 15.0 Å². The Bertz CT molecular complexity index is 369. The Balaban J connectivity index is 2.86. The third kappa shape index (κ3) is 3.40. The van der Waals surface area contributed by atoms with Gasteiger partial charge in [0.1, 0.15) is 6.54 Å². The Kier molecular flexibility index (Phi) is 4.91. The van der Waals surface area contributed by atoms with Crippen molar-refractivity contribution in [3.8, 4) is 0 Å². The summed E-state index contributed by atoms with van der Waals surface area (Å²) in [4.78, 5) is 10.7. The lowest BCUT2D eigenvalue weighted by Gasteiger charge is -2.35. The molecule has 1 unspecified atom stereocenters. The molecule has 1 fully saturated rings. The van der Waals surface area contributed by atoms with E-state index in [1.54, 1.807) is 6.92 Å². The lowest BCUT2D eigenvalue weighted by Crippen LogP contribution is -2.50. The Hall–Kier alpha value is -0.660. The fraction of sp³-hybridized carbons (Fsp3) is 0.900. The standard InChI is InChI=1S/C10H20N2O4S/c1-3-11(8-10(13)14)17(15,16)12-7-5-4-6-9(12)2/h9H,3-8H2,1-2H3,(H,13,14). The lowest BCUT2D eigenvalue weighted by atomic mass is 10.1. The minimum absolute atomic E-state index is 0.0448. The fourth-order valence-electron chi connectivity index (χ4n) is 2.07. The van der Waals surface area contributed by atoms with Gasteiger partial charge < -0.3 is 5.11 Å². The first kappa shape index (κ1) is 14.4. The molecule has 1 rings (SSSR count). The van der Waals surface area contributed by atoms with Crippen LogP contribution < -0.4 is 0 Å². The van der Waals surface area contributed by atoms with Gasteiger partial charge in [0.2, 0.25) is 0 Å². The predicted octanol–water partition coefficient (Wildman–Crippen LogP) is 0.512. The molecule has 0 aromatic heterocycles. The van der Waals surface area contributed by atoms with Crippen molar-refractivity contribution in [3.63, 3.8) is 0 Å². The van der Waals surface area contributed by atoms with Crippen LogP contribution in [0.4, 0.5) is 0 Å². The van der Waals surface area contributed by atoms with Crippen LogP contribution in [0, 0.1) is 0 Å². The lowest BCUT2D eigenvalue weighted by molar-refractivity contribution is -0.137. The molecular formula is C10H20N2O4S. The van der Waals surface area contributed by atoms with E-state index >= 15 is 0 Å². The van der Waals surface area contributed by atoms with Gasteiger partial charge in [-0.2, -0.15) is 17.0 Å². The van der Waals surface area contributed by atoms with Gasteiger partial charge in [0.15, 0.2) is 0 Å². The summed E-state index contributed by atoms with van der Waals surface area (Å²) in [5.41, 5.74) is 0.